The molecule has 0 aromatic rings. The molecule has 0 aromatic heterocycles. The monoisotopic (exact) mass is 254 g/mol. The largest absolute Gasteiger partial charge is 0.104 e. The second kappa shape index (κ2) is 4.76. The molecular formula is C16H31P. The smallest absolute Gasteiger partial charge is 0.00358 e. The molecule has 0 aliphatic carbocycles. The van der Waals surface area contributed by atoms with Crippen molar-refractivity contribution < 1.29 is 0 Å². The Kier molecular flexibility index (Phi) is 3.85. The Morgan fingerprint density at radius 3 is 2.53 bits per heavy atom. The van der Waals surface area contributed by atoms with Crippen LogP contribution < -0.4 is 0 Å². The van der Waals surface area contributed by atoms with Gasteiger partial charge in [0.25, 0.3) is 0 Å². The Balaban J connectivity index is 2.23. The van der Waals surface area contributed by atoms with Crippen molar-refractivity contribution in [2.45, 2.75) is 65.0 Å². The highest BCUT2D eigenvalue weighted by molar-refractivity contribution is 7.82. The molecule has 17 heavy (non-hydrogen) atoms. The number of rotatable bonds is 3. The maximum absolute atomic E-state index is 4.75. The number of hydrogen-bond donors (Lipinski definition) is 0. The highest BCUT2D eigenvalue weighted by Gasteiger charge is 2.60. The Morgan fingerprint density at radius 1 is 1.24 bits per heavy atom. The molecular weight excluding hydrogens is 223 g/mol. The molecule has 5 atom stereocenters. The van der Waals surface area contributed by atoms with Gasteiger partial charge in [-0.3, -0.25) is 0 Å². The van der Waals surface area contributed by atoms with Gasteiger partial charge in [-0.1, -0.05) is 47.0 Å². The second-order valence-electron chi connectivity index (χ2n) is 6.96. The van der Waals surface area contributed by atoms with Crippen molar-refractivity contribution in [3.8, 4) is 0 Å². The van der Waals surface area contributed by atoms with Crippen LogP contribution in [-0.4, -0.2) is 23.8 Å². The summed E-state index contributed by atoms with van der Waals surface area (Å²) in [5.74, 6) is 2.89. The zero-order chi connectivity index (χ0) is 12.7. The lowest BCUT2D eigenvalue weighted by Gasteiger charge is -2.36. The van der Waals surface area contributed by atoms with Crippen LogP contribution in [0.4, 0.5) is 0 Å². The fourth-order valence-corrected chi connectivity index (χ4v) is 10.4. The zero-order valence-corrected chi connectivity index (χ0v) is 13.2. The van der Waals surface area contributed by atoms with Gasteiger partial charge in [-0.05, 0) is 48.1 Å². The number of hydrogen-bond acceptors (Lipinski definition) is 0. The molecule has 0 saturated carbocycles. The Bertz CT molecular complexity index is 319. The van der Waals surface area contributed by atoms with E-state index in [-0.39, 0.29) is 0 Å². The van der Waals surface area contributed by atoms with Crippen LogP contribution in [0.3, 0.4) is 0 Å². The van der Waals surface area contributed by atoms with Gasteiger partial charge < -0.3 is 0 Å². The standard InChI is InChI=1S/C16H31P/c1-6-8-15-10-9-13(3)11-17(5)12-16(17,7-2)14(15)4/h13-15H,5-12H2,1-4H3. The third kappa shape index (κ3) is 2.16. The van der Waals surface area contributed by atoms with E-state index < -0.39 is 6.89 Å². The van der Waals surface area contributed by atoms with Gasteiger partial charge in [0.2, 0.25) is 0 Å². The molecule has 2 aliphatic heterocycles. The third-order valence-corrected chi connectivity index (χ3v) is 10.8. The molecule has 2 heterocycles. The van der Waals surface area contributed by atoms with Gasteiger partial charge in [0.15, 0.2) is 0 Å². The van der Waals surface area contributed by atoms with Crippen LogP contribution in [-0.2, 0) is 0 Å². The van der Waals surface area contributed by atoms with E-state index >= 15 is 0 Å². The summed E-state index contributed by atoms with van der Waals surface area (Å²) in [5.41, 5.74) is 0. The summed E-state index contributed by atoms with van der Waals surface area (Å²) in [7, 11) is 0. The quantitative estimate of drug-likeness (QED) is 0.616. The van der Waals surface area contributed by atoms with E-state index in [1.807, 2.05) is 0 Å². The lowest BCUT2D eigenvalue weighted by Crippen LogP contribution is -2.30. The summed E-state index contributed by atoms with van der Waals surface area (Å²) < 4.78 is 0. The van der Waals surface area contributed by atoms with Crippen LogP contribution in [0, 0.1) is 17.8 Å². The van der Waals surface area contributed by atoms with Crippen LogP contribution in [0.5, 0.6) is 0 Å². The zero-order valence-electron chi connectivity index (χ0n) is 12.3. The lowest BCUT2D eigenvalue weighted by molar-refractivity contribution is 0.251. The molecule has 5 unspecified atom stereocenters. The molecule has 0 radical (unpaired) electrons. The lowest BCUT2D eigenvalue weighted by atomic mass is 9.77. The minimum absolute atomic E-state index is 0.710. The van der Waals surface area contributed by atoms with Gasteiger partial charge in [0.05, 0.1) is 0 Å². The minimum atomic E-state index is -0.795. The van der Waals surface area contributed by atoms with Gasteiger partial charge in [-0.2, -0.15) is 0 Å². The molecule has 2 aliphatic rings. The average Bonchev–Trinajstić information content (AvgIpc) is 2.88. The van der Waals surface area contributed by atoms with Crippen molar-refractivity contribution in [2.24, 2.45) is 17.8 Å². The summed E-state index contributed by atoms with van der Waals surface area (Å²) in [6, 6.07) is 0. The Morgan fingerprint density at radius 2 is 1.94 bits per heavy atom. The Labute approximate surface area is 109 Å². The van der Waals surface area contributed by atoms with E-state index in [2.05, 4.69) is 27.7 Å². The Hall–Kier alpha value is 0.300. The first-order valence-corrected chi connectivity index (χ1v) is 10.0. The highest BCUT2D eigenvalue weighted by atomic mass is 31.2. The van der Waals surface area contributed by atoms with E-state index in [1.54, 1.807) is 0 Å². The van der Waals surface area contributed by atoms with E-state index in [9.17, 15) is 0 Å². The molecule has 2 fully saturated rings. The molecule has 0 N–H and O–H groups in total. The van der Waals surface area contributed by atoms with Crippen LogP contribution in [0.1, 0.15) is 59.8 Å². The van der Waals surface area contributed by atoms with E-state index in [1.165, 1.54) is 44.4 Å². The molecule has 0 bridgehead atoms. The van der Waals surface area contributed by atoms with Crippen molar-refractivity contribution in [2.75, 3.05) is 12.3 Å². The molecule has 0 nitrogen and oxygen atoms in total. The predicted octanol–water partition coefficient (Wildman–Crippen LogP) is 5.08. The van der Waals surface area contributed by atoms with E-state index in [0.717, 1.165) is 17.8 Å². The van der Waals surface area contributed by atoms with Gasteiger partial charge in [-0.15, -0.1) is 13.2 Å². The minimum Gasteiger partial charge on any atom is -0.104 e. The maximum atomic E-state index is 4.75. The van der Waals surface area contributed by atoms with Gasteiger partial charge in [0, 0.05) is 0 Å². The van der Waals surface area contributed by atoms with Gasteiger partial charge >= 0.3 is 0 Å². The highest BCUT2D eigenvalue weighted by Crippen LogP contribution is 2.81. The second-order valence-corrected chi connectivity index (χ2v) is 10.8. The van der Waals surface area contributed by atoms with Crippen molar-refractivity contribution in [3.63, 3.8) is 0 Å². The van der Waals surface area contributed by atoms with Gasteiger partial charge in [0.1, 0.15) is 0 Å². The first-order valence-electron chi connectivity index (χ1n) is 7.70. The normalized spacial score (nSPS) is 50.2. The fourth-order valence-electron chi connectivity index (χ4n) is 4.72. The first-order chi connectivity index (χ1) is 7.99. The molecule has 1 heteroatoms. The topological polar surface area (TPSA) is 0 Å². The molecule has 2 saturated heterocycles. The molecule has 0 amide bonds. The molecule has 0 aromatic carbocycles. The summed E-state index contributed by atoms with van der Waals surface area (Å²) in [6.45, 7) is 9.03. The maximum Gasteiger partial charge on any atom is -0.00358 e. The summed E-state index contributed by atoms with van der Waals surface area (Å²) in [5, 5.41) is 0.710. The SMILES string of the molecule is C=P12CC(C)CCC(CCC)C(C)C1(CC)C2. The van der Waals surface area contributed by atoms with Crippen molar-refractivity contribution in [3.05, 3.63) is 0 Å². The first kappa shape index (κ1) is 13.7. The third-order valence-electron chi connectivity index (χ3n) is 5.94. The summed E-state index contributed by atoms with van der Waals surface area (Å²) >= 11 is 0. The summed E-state index contributed by atoms with van der Waals surface area (Å²) in [6.07, 6.45) is 14.9. The van der Waals surface area contributed by atoms with E-state index in [0.29, 0.717) is 5.16 Å². The van der Waals surface area contributed by atoms with Crippen molar-refractivity contribution in [1.29, 1.82) is 0 Å². The van der Waals surface area contributed by atoms with Gasteiger partial charge in [-0.25, -0.2) is 0 Å². The average molecular weight is 254 g/mol. The fraction of sp³-hybridized carbons (Fsp3) is 0.938. The molecule has 0 spiro atoms. The predicted molar refractivity (Wildman–Crippen MR) is 82.8 cm³/mol. The van der Waals surface area contributed by atoms with Crippen LogP contribution in [0.2, 0.25) is 0 Å². The van der Waals surface area contributed by atoms with Crippen molar-refractivity contribution >= 4 is 13.2 Å². The van der Waals surface area contributed by atoms with Crippen LogP contribution in [0.25, 0.3) is 0 Å². The van der Waals surface area contributed by atoms with Crippen LogP contribution in [0.15, 0.2) is 0 Å². The van der Waals surface area contributed by atoms with Crippen LogP contribution >= 0.6 is 6.89 Å². The number of fused-ring (bicyclic) bond motifs is 1. The summed E-state index contributed by atoms with van der Waals surface area (Å²) in [4.78, 5) is 0. The molecule has 2 rings (SSSR count). The van der Waals surface area contributed by atoms with Crippen molar-refractivity contribution in [1.82, 2.24) is 0 Å². The molecule has 100 valence electrons. The van der Waals surface area contributed by atoms with E-state index in [4.69, 9.17) is 6.30 Å².